The zero-order valence-corrected chi connectivity index (χ0v) is 8.79. The van der Waals surface area contributed by atoms with Gasteiger partial charge in [0.2, 0.25) is 0 Å². The van der Waals surface area contributed by atoms with Crippen molar-refractivity contribution in [3.05, 3.63) is 42.0 Å². The molecule has 0 radical (unpaired) electrons. The van der Waals surface area contributed by atoms with Crippen molar-refractivity contribution in [3.63, 3.8) is 0 Å². The molecule has 0 saturated heterocycles. The van der Waals surface area contributed by atoms with E-state index in [1.807, 2.05) is 26.0 Å². The average Bonchev–Trinajstić information content (AvgIpc) is 2.15. The number of aryl methyl sites for hydroxylation is 1. The number of nitrogens with two attached hydrogens (primary N) is 1. The molecule has 2 nitrogen and oxygen atoms in total. The van der Waals surface area contributed by atoms with Crippen molar-refractivity contribution in [3.8, 4) is 5.75 Å². The Morgan fingerprint density at radius 2 is 2.29 bits per heavy atom. The molecular formula is C12H17NO. The van der Waals surface area contributed by atoms with Crippen LogP contribution in [0.5, 0.6) is 5.75 Å². The van der Waals surface area contributed by atoms with E-state index in [1.54, 1.807) is 6.08 Å². The van der Waals surface area contributed by atoms with Crippen LogP contribution in [0.4, 0.5) is 0 Å². The Morgan fingerprint density at radius 3 is 2.79 bits per heavy atom. The molecular weight excluding hydrogens is 174 g/mol. The molecule has 0 aliphatic rings. The maximum Gasteiger partial charge on any atom is 0.122 e. The van der Waals surface area contributed by atoms with Crippen LogP contribution >= 0.6 is 0 Å². The van der Waals surface area contributed by atoms with Crippen LogP contribution in [0.15, 0.2) is 30.9 Å². The highest BCUT2D eigenvalue weighted by molar-refractivity contribution is 5.37. The molecule has 0 spiro atoms. The third-order valence-corrected chi connectivity index (χ3v) is 2.08. The third kappa shape index (κ3) is 2.60. The summed E-state index contributed by atoms with van der Waals surface area (Å²) < 4.78 is 5.46. The molecule has 0 bridgehead atoms. The summed E-state index contributed by atoms with van der Waals surface area (Å²) in [4.78, 5) is 0. The molecule has 0 unspecified atom stereocenters. The molecule has 14 heavy (non-hydrogen) atoms. The minimum Gasteiger partial charge on any atom is -0.489 e. The van der Waals surface area contributed by atoms with Crippen LogP contribution in [0.2, 0.25) is 0 Å². The SMILES string of the molecule is C=CCOc1ccc([C@@H](C)N)cc1C. The van der Waals surface area contributed by atoms with E-state index in [2.05, 4.69) is 12.6 Å². The van der Waals surface area contributed by atoms with Crippen molar-refractivity contribution in [2.75, 3.05) is 6.61 Å². The monoisotopic (exact) mass is 191 g/mol. The van der Waals surface area contributed by atoms with Crippen LogP contribution < -0.4 is 10.5 Å². The topological polar surface area (TPSA) is 35.2 Å². The Labute approximate surface area is 85.4 Å². The van der Waals surface area contributed by atoms with E-state index in [1.165, 1.54) is 0 Å². The van der Waals surface area contributed by atoms with Crippen molar-refractivity contribution in [2.45, 2.75) is 19.9 Å². The number of benzene rings is 1. The van der Waals surface area contributed by atoms with Crippen LogP contribution in [0.25, 0.3) is 0 Å². The van der Waals surface area contributed by atoms with Gasteiger partial charge in [-0.15, -0.1) is 0 Å². The maximum atomic E-state index is 5.78. The van der Waals surface area contributed by atoms with Gasteiger partial charge in [-0.25, -0.2) is 0 Å². The molecule has 0 amide bonds. The van der Waals surface area contributed by atoms with Crippen LogP contribution in [0.3, 0.4) is 0 Å². The van der Waals surface area contributed by atoms with Gasteiger partial charge in [0, 0.05) is 6.04 Å². The van der Waals surface area contributed by atoms with Crippen molar-refractivity contribution >= 4 is 0 Å². The Kier molecular flexibility index (Phi) is 3.72. The molecule has 0 aliphatic carbocycles. The number of hydrogen-bond acceptors (Lipinski definition) is 2. The summed E-state index contributed by atoms with van der Waals surface area (Å²) >= 11 is 0. The normalized spacial score (nSPS) is 12.2. The van der Waals surface area contributed by atoms with E-state index in [0.717, 1.165) is 16.9 Å². The van der Waals surface area contributed by atoms with E-state index in [0.29, 0.717) is 6.61 Å². The maximum absolute atomic E-state index is 5.78. The lowest BCUT2D eigenvalue weighted by molar-refractivity contribution is 0.360. The first-order valence-electron chi connectivity index (χ1n) is 4.75. The molecule has 1 aromatic carbocycles. The van der Waals surface area contributed by atoms with Crippen LogP contribution in [-0.4, -0.2) is 6.61 Å². The first-order valence-corrected chi connectivity index (χ1v) is 4.75. The fourth-order valence-electron chi connectivity index (χ4n) is 1.27. The lowest BCUT2D eigenvalue weighted by atomic mass is 10.1. The molecule has 0 aromatic heterocycles. The highest BCUT2D eigenvalue weighted by atomic mass is 16.5. The summed E-state index contributed by atoms with van der Waals surface area (Å²) in [6.07, 6.45) is 1.74. The summed E-state index contributed by atoms with van der Waals surface area (Å²) in [6.45, 7) is 8.14. The summed E-state index contributed by atoms with van der Waals surface area (Å²) in [7, 11) is 0. The van der Waals surface area contributed by atoms with Gasteiger partial charge in [-0.05, 0) is 31.0 Å². The van der Waals surface area contributed by atoms with Gasteiger partial charge in [-0.3, -0.25) is 0 Å². The van der Waals surface area contributed by atoms with Crippen molar-refractivity contribution < 1.29 is 4.74 Å². The summed E-state index contributed by atoms with van der Waals surface area (Å²) in [5, 5.41) is 0. The predicted molar refractivity (Wildman–Crippen MR) is 59.5 cm³/mol. The van der Waals surface area contributed by atoms with Crippen molar-refractivity contribution in [1.82, 2.24) is 0 Å². The highest BCUT2D eigenvalue weighted by Gasteiger charge is 2.03. The van der Waals surface area contributed by atoms with Gasteiger partial charge >= 0.3 is 0 Å². The zero-order valence-electron chi connectivity index (χ0n) is 8.79. The lowest BCUT2D eigenvalue weighted by Gasteiger charge is -2.11. The lowest BCUT2D eigenvalue weighted by Crippen LogP contribution is -2.05. The smallest absolute Gasteiger partial charge is 0.122 e. The Bertz CT molecular complexity index is 318. The molecule has 1 rings (SSSR count). The van der Waals surface area contributed by atoms with Gasteiger partial charge in [-0.2, -0.15) is 0 Å². The van der Waals surface area contributed by atoms with Gasteiger partial charge in [0.05, 0.1) is 0 Å². The van der Waals surface area contributed by atoms with E-state index < -0.39 is 0 Å². The standard InChI is InChI=1S/C12H17NO/c1-4-7-14-12-6-5-11(10(3)13)8-9(12)2/h4-6,8,10H,1,7,13H2,2-3H3/t10-/m1/s1. The quantitative estimate of drug-likeness (QED) is 0.742. The third-order valence-electron chi connectivity index (χ3n) is 2.08. The summed E-state index contributed by atoms with van der Waals surface area (Å²) in [6, 6.07) is 6.08. The van der Waals surface area contributed by atoms with Crippen LogP contribution in [0.1, 0.15) is 24.1 Å². The Balaban J connectivity index is 2.84. The second-order valence-corrected chi connectivity index (χ2v) is 3.41. The predicted octanol–water partition coefficient (Wildman–Crippen LogP) is 2.58. The number of rotatable bonds is 4. The van der Waals surface area contributed by atoms with E-state index in [-0.39, 0.29) is 6.04 Å². The van der Waals surface area contributed by atoms with Gasteiger partial charge < -0.3 is 10.5 Å². The minimum absolute atomic E-state index is 0.0714. The molecule has 1 atom stereocenters. The van der Waals surface area contributed by atoms with Gasteiger partial charge in [0.15, 0.2) is 0 Å². The summed E-state index contributed by atoms with van der Waals surface area (Å²) in [5.41, 5.74) is 8.02. The van der Waals surface area contributed by atoms with Crippen molar-refractivity contribution in [2.24, 2.45) is 5.73 Å². The Morgan fingerprint density at radius 1 is 1.57 bits per heavy atom. The fraction of sp³-hybridized carbons (Fsp3) is 0.333. The molecule has 0 heterocycles. The largest absolute Gasteiger partial charge is 0.489 e. The number of hydrogen-bond donors (Lipinski definition) is 1. The minimum atomic E-state index is 0.0714. The Hall–Kier alpha value is -1.28. The molecule has 0 fully saturated rings. The first kappa shape index (κ1) is 10.8. The first-order chi connectivity index (χ1) is 6.65. The number of ether oxygens (including phenoxy) is 1. The molecule has 2 heteroatoms. The van der Waals surface area contributed by atoms with Gasteiger partial charge in [0.1, 0.15) is 12.4 Å². The van der Waals surface area contributed by atoms with E-state index in [9.17, 15) is 0 Å². The highest BCUT2D eigenvalue weighted by Crippen LogP contribution is 2.21. The molecule has 0 saturated carbocycles. The van der Waals surface area contributed by atoms with E-state index in [4.69, 9.17) is 10.5 Å². The van der Waals surface area contributed by atoms with Gasteiger partial charge in [-0.1, -0.05) is 24.8 Å². The second kappa shape index (κ2) is 4.82. The fourth-order valence-corrected chi connectivity index (χ4v) is 1.27. The van der Waals surface area contributed by atoms with E-state index >= 15 is 0 Å². The summed E-state index contributed by atoms with van der Waals surface area (Å²) in [5.74, 6) is 0.898. The van der Waals surface area contributed by atoms with Crippen LogP contribution in [0, 0.1) is 6.92 Å². The zero-order chi connectivity index (χ0) is 10.6. The van der Waals surface area contributed by atoms with Crippen LogP contribution in [-0.2, 0) is 0 Å². The van der Waals surface area contributed by atoms with Gasteiger partial charge in [0.25, 0.3) is 0 Å². The average molecular weight is 191 g/mol. The molecule has 2 N–H and O–H groups in total. The molecule has 76 valence electrons. The second-order valence-electron chi connectivity index (χ2n) is 3.41. The molecule has 1 aromatic rings. The van der Waals surface area contributed by atoms with Crippen molar-refractivity contribution in [1.29, 1.82) is 0 Å². The molecule has 0 aliphatic heterocycles.